The van der Waals surface area contributed by atoms with Crippen LogP contribution in [0.1, 0.15) is 47.1 Å². The number of nitrogens with one attached hydrogen (secondary N) is 1. The summed E-state index contributed by atoms with van der Waals surface area (Å²) in [4.78, 5) is 37.1. The number of aromatic nitrogens is 3. The van der Waals surface area contributed by atoms with Crippen LogP contribution < -0.4 is 4.74 Å². The van der Waals surface area contributed by atoms with E-state index in [1.807, 2.05) is 84.0 Å². The first kappa shape index (κ1) is 38.1. The minimum absolute atomic E-state index is 0.0721. The Kier molecular flexibility index (Phi) is 11.1. The van der Waals surface area contributed by atoms with E-state index in [0.717, 1.165) is 22.7 Å². The van der Waals surface area contributed by atoms with Gasteiger partial charge in [-0.25, -0.2) is 9.78 Å². The summed E-state index contributed by atoms with van der Waals surface area (Å²) in [6, 6.07) is 19.3. The summed E-state index contributed by atoms with van der Waals surface area (Å²) in [5.74, 6) is -1.20. The topological polar surface area (TPSA) is 136 Å². The molecule has 270 valence electrons. The number of aromatic amines is 1. The number of ether oxygens (including phenoxy) is 3. The third kappa shape index (κ3) is 8.17. The number of carboxylic acids is 1. The molecule has 2 aromatic carbocycles. The quantitative estimate of drug-likeness (QED) is 0.0966. The van der Waals surface area contributed by atoms with Crippen LogP contribution in [0, 0.1) is 0 Å². The van der Waals surface area contributed by atoms with Crippen LogP contribution >= 0.6 is 11.6 Å². The fourth-order valence-corrected chi connectivity index (χ4v) is 11.0. The van der Waals surface area contributed by atoms with Crippen LogP contribution in [0.25, 0.3) is 33.5 Å². The van der Waals surface area contributed by atoms with Crippen molar-refractivity contribution in [2.24, 2.45) is 0 Å². The van der Waals surface area contributed by atoms with Gasteiger partial charge in [0.15, 0.2) is 17.9 Å². The molecule has 1 saturated heterocycles. The normalized spacial score (nSPS) is 18.9. The maximum atomic E-state index is 12.3. The van der Waals surface area contributed by atoms with E-state index in [2.05, 4.69) is 41.7 Å². The highest BCUT2D eigenvalue weighted by atomic mass is 35.5. The van der Waals surface area contributed by atoms with Gasteiger partial charge in [-0.1, -0.05) is 127 Å². The minimum Gasteiger partial charge on any atom is -0.479 e. The lowest BCUT2D eigenvalue weighted by atomic mass is 10.0. The zero-order chi connectivity index (χ0) is 36.6. The Morgan fingerprint density at radius 2 is 1.56 bits per heavy atom. The standard InChI is InChI=1S/C37H50ClN3O7Si2/c1-36(2,3)50(44,37(4,5)6)48-31-27(22-46-32(31)34(42)43)47-35-40-30-26(21-45-19-20-49(7,8)9)28(38)29(39-33(30)41-35)25-17-15-24(16-18-25)23-13-11-10-12-14-23/h10-18,27,31-32,44H,19-22H2,1-9H3,(H,42,43)(H,39,40,41)/t27-,31+,32+/m1/s1. The maximum absolute atomic E-state index is 12.3. The molecular weight excluding hydrogens is 690 g/mol. The molecule has 2 aromatic heterocycles. The molecule has 13 heteroatoms. The Bertz CT molecular complexity index is 1780. The van der Waals surface area contributed by atoms with Crippen LogP contribution in [0.4, 0.5) is 0 Å². The largest absolute Gasteiger partial charge is 0.479 e. The summed E-state index contributed by atoms with van der Waals surface area (Å²) in [6.45, 7) is 19.1. The van der Waals surface area contributed by atoms with Gasteiger partial charge in [-0.2, -0.15) is 4.98 Å². The fourth-order valence-electron chi connectivity index (χ4n) is 6.28. The number of benzene rings is 2. The first-order chi connectivity index (χ1) is 23.3. The predicted octanol–water partition coefficient (Wildman–Crippen LogP) is 8.45. The number of imidazole rings is 1. The number of carboxylic acid groups (broad SMARTS) is 1. The van der Waals surface area contributed by atoms with Gasteiger partial charge in [0.05, 0.1) is 29.4 Å². The Labute approximate surface area is 301 Å². The van der Waals surface area contributed by atoms with Crippen molar-refractivity contribution in [3.63, 3.8) is 0 Å². The number of H-pyrrole nitrogens is 1. The molecule has 0 saturated carbocycles. The van der Waals surface area contributed by atoms with E-state index in [1.165, 1.54) is 0 Å². The Morgan fingerprint density at radius 3 is 2.14 bits per heavy atom. The highest BCUT2D eigenvalue weighted by Gasteiger charge is 2.60. The molecule has 0 aliphatic carbocycles. The third-order valence-electron chi connectivity index (χ3n) is 9.11. The van der Waals surface area contributed by atoms with Gasteiger partial charge in [0.1, 0.15) is 6.10 Å². The summed E-state index contributed by atoms with van der Waals surface area (Å²) in [5.41, 5.74) is 5.18. The monoisotopic (exact) mass is 739 g/mol. The molecule has 0 amide bonds. The van der Waals surface area contributed by atoms with Crippen molar-refractivity contribution >= 4 is 45.4 Å². The number of fused-ring (bicyclic) bond motifs is 1. The smallest absolute Gasteiger partial charge is 0.347 e. The van der Waals surface area contributed by atoms with E-state index < -0.39 is 51.0 Å². The zero-order valence-corrected chi connectivity index (χ0v) is 33.2. The Balaban J connectivity index is 1.51. The highest BCUT2D eigenvalue weighted by molar-refractivity contribution is 6.76. The molecule has 0 spiro atoms. The molecule has 4 aromatic rings. The van der Waals surface area contributed by atoms with Crippen molar-refractivity contribution < 1.29 is 33.3 Å². The molecule has 0 unspecified atom stereocenters. The second-order valence-corrected chi connectivity index (χ2v) is 26.8. The van der Waals surface area contributed by atoms with E-state index in [-0.39, 0.29) is 19.2 Å². The van der Waals surface area contributed by atoms with Gasteiger partial charge in [0, 0.05) is 35.9 Å². The van der Waals surface area contributed by atoms with Crippen molar-refractivity contribution in [1.82, 2.24) is 15.0 Å². The molecule has 3 heterocycles. The Morgan fingerprint density at radius 1 is 0.960 bits per heavy atom. The second kappa shape index (κ2) is 14.5. The predicted molar refractivity (Wildman–Crippen MR) is 202 cm³/mol. The van der Waals surface area contributed by atoms with Crippen molar-refractivity contribution in [3.05, 3.63) is 65.2 Å². The maximum Gasteiger partial charge on any atom is 0.347 e. The summed E-state index contributed by atoms with van der Waals surface area (Å²) in [6.07, 6.45) is -3.30. The molecule has 3 atom stereocenters. The van der Waals surface area contributed by atoms with Crippen molar-refractivity contribution in [2.75, 3.05) is 13.2 Å². The molecule has 10 nitrogen and oxygen atoms in total. The molecule has 1 aliphatic rings. The van der Waals surface area contributed by atoms with Crippen LogP contribution in [-0.2, 0) is 25.3 Å². The lowest BCUT2D eigenvalue weighted by molar-refractivity contribution is -0.151. The van der Waals surface area contributed by atoms with Crippen LogP contribution in [0.3, 0.4) is 0 Å². The average molecular weight is 740 g/mol. The van der Waals surface area contributed by atoms with Gasteiger partial charge in [0.25, 0.3) is 6.01 Å². The van der Waals surface area contributed by atoms with Gasteiger partial charge >= 0.3 is 14.5 Å². The minimum atomic E-state index is -3.61. The number of hydrogen-bond acceptors (Lipinski definition) is 8. The van der Waals surface area contributed by atoms with Gasteiger partial charge in [0.2, 0.25) is 0 Å². The van der Waals surface area contributed by atoms with Crippen molar-refractivity contribution in [1.29, 1.82) is 0 Å². The zero-order valence-electron chi connectivity index (χ0n) is 30.5. The van der Waals surface area contributed by atoms with Gasteiger partial charge in [-0.15, -0.1) is 0 Å². The summed E-state index contributed by atoms with van der Waals surface area (Å²) in [7, 11) is -4.94. The molecule has 3 N–H and O–H groups in total. The number of pyridine rings is 1. The lowest BCUT2D eigenvalue weighted by Gasteiger charge is -2.47. The fraction of sp³-hybridized carbons (Fsp3) is 0.486. The van der Waals surface area contributed by atoms with E-state index in [9.17, 15) is 14.7 Å². The van der Waals surface area contributed by atoms with Crippen LogP contribution in [0.2, 0.25) is 40.8 Å². The number of rotatable bonds is 12. The SMILES string of the molecule is CC(C)(C)[Si](O)(O[C@@H]1[C@@H](C(=O)O)OC[C@H]1Oc1nc2nc(-c3ccc(-c4ccccc4)cc3)c(Cl)c(COCC[Si](C)(C)C)c2[nH]1)C(C)(C)C. The average Bonchev–Trinajstić information content (AvgIpc) is 3.62. The number of nitrogens with zero attached hydrogens (tertiary/aromatic N) is 2. The van der Waals surface area contributed by atoms with E-state index in [1.54, 1.807) is 0 Å². The van der Waals surface area contributed by atoms with Crippen molar-refractivity contribution in [2.45, 2.75) is 102 Å². The molecule has 1 aliphatic heterocycles. The van der Waals surface area contributed by atoms with E-state index in [4.69, 9.17) is 35.2 Å². The molecule has 5 rings (SSSR count). The van der Waals surface area contributed by atoms with Crippen molar-refractivity contribution in [3.8, 4) is 28.4 Å². The number of carbonyl (C=O) groups is 1. The van der Waals surface area contributed by atoms with Gasteiger partial charge in [-0.3, -0.25) is 0 Å². The van der Waals surface area contributed by atoms with Crippen LogP contribution in [0.15, 0.2) is 54.6 Å². The summed E-state index contributed by atoms with van der Waals surface area (Å²) in [5, 5.41) is 9.20. The lowest BCUT2D eigenvalue weighted by Crippen LogP contribution is -2.60. The highest BCUT2D eigenvalue weighted by Crippen LogP contribution is 2.51. The molecule has 1 fully saturated rings. The van der Waals surface area contributed by atoms with Crippen LogP contribution in [-0.4, -0.2) is 79.0 Å². The summed E-state index contributed by atoms with van der Waals surface area (Å²) >= 11 is 7.11. The van der Waals surface area contributed by atoms with E-state index >= 15 is 0 Å². The van der Waals surface area contributed by atoms with E-state index in [0.29, 0.717) is 34.1 Å². The molecule has 50 heavy (non-hydrogen) atoms. The number of halogens is 1. The molecule has 0 radical (unpaired) electrons. The summed E-state index contributed by atoms with van der Waals surface area (Å²) < 4.78 is 24.7. The van der Waals surface area contributed by atoms with Gasteiger partial charge in [-0.05, 0) is 17.2 Å². The number of aliphatic carboxylic acids is 1. The third-order valence-corrected chi connectivity index (χ3v) is 15.9. The first-order valence-electron chi connectivity index (χ1n) is 17.0. The molecular formula is C37H50ClN3O7Si2. The second-order valence-electron chi connectivity index (χ2n) is 16.3. The Hall–Kier alpha value is -3.11. The van der Waals surface area contributed by atoms with Gasteiger partial charge < -0.3 is 33.5 Å². The first-order valence-corrected chi connectivity index (χ1v) is 23.0. The number of hydrogen-bond donors (Lipinski definition) is 3. The van der Waals surface area contributed by atoms with Crippen LogP contribution in [0.5, 0.6) is 6.01 Å². The molecule has 0 bridgehead atoms.